The third-order valence-electron chi connectivity index (χ3n) is 4.48. The van der Waals surface area contributed by atoms with E-state index in [1.165, 1.54) is 0 Å². The highest BCUT2D eigenvalue weighted by Gasteiger charge is 2.36. The summed E-state index contributed by atoms with van der Waals surface area (Å²) in [5.41, 5.74) is 4.42. The van der Waals surface area contributed by atoms with E-state index < -0.39 is 36.2 Å². The first-order valence-electron chi connectivity index (χ1n) is 9.22. The number of carbonyl (C=O) groups is 4. The fourth-order valence-corrected chi connectivity index (χ4v) is 2.98. The Balaban J connectivity index is 1.47. The van der Waals surface area contributed by atoms with Gasteiger partial charge in [-0.1, -0.05) is 29.3 Å². The molecule has 3 rings (SSSR count). The van der Waals surface area contributed by atoms with Gasteiger partial charge in [0.1, 0.15) is 0 Å². The van der Waals surface area contributed by atoms with Crippen LogP contribution in [0.5, 0.6) is 0 Å². The summed E-state index contributed by atoms with van der Waals surface area (Å²) in [5, 5.41) is 4.20. The van der Waals surface area contributed by atoms with Crippen LogP contribution in [0, 0.1) is 12.8 Å². The fraction of sp³-hybridized carbons (Fsp3) is 0.238. The van der Waals surface area contributed by atoms with Gasteiger partial charge in [-0.05, 0) is 43.3 Å². The predicted molar refractivity (Wildman–Crippen MR) is 110 cm³/mol. The van der Waals surface area contributed by atoms with Crippen LogP contribution in [-0.2, 0) is 19.1 Å². The lowest BCUT2D eigenvalue weighted by Gasteiger charge is -2.17. The molecule has 2 aromatic carbocycles. The maximum Gasteiger partial charge on any atom is 0.311 e. The fourth-order valence-electron chi connectivity index (χ4n) is 2.85. The number of esters is 1. The Bertz CT molecular complexity index is 960. The van der Waals surface area contributed by atoms with Gasteiger partial charge < -0.3 is 10.1 Å². The van der Waals surface area contributed by atoms with Gasteiger partial charge in [0.25, 0.3) is 11.8 Å². The van der Waals surface area contributed by atoms with Crippen LogP contribution in [0.25, 0.3) is 0 Å². The molecule has 9 heteroatoms. The zero-order valence-corrected chi connectivity index (χ0v) is 16.9. The average molecular weight is 430 g/mol. The Kier molecular flexibility index (Phi) is 6.68. The van der Waals surface area contributed by atoms with Gasteiger partial charge in [0.05, 0.1) is 12.5 Å². The van der Waals surface area contributed by atoms with Crippen molar-refractivity contribution in [3.05, 3.63) is 64.7 Å². The highest BCUT2D eigenvalue weighted by molar-refractivity contribution is 6.30. The highest BCUT2D eigenvalue weighted by atomic mass is 35.5. The van der Waals surface area contributed by atoms with Gasteiger partial charge >= 0.3 is 5.97 Å². The molecule has 0 bridgehead atoms. The lowest BCUT2D eigenvalue weighted by Crippen LogP contribution is -2.43. The van der Waals surface area contributed by atoms with E-state index in [1.807, 2.05) is 6.92 Å². The van der Waals surface area contributed by atoms with Crippen LogP contribution in [0.3, 0.4) is 0 Å². The van der Waals surface area contributed by atoms with E-state index in [-0.39, 0.29) is 13.0 Å². The zero-order valence-electron chi connectivity index (χ0n) is 16.2. The number of ether oxygens (including phenoxy) is 1. The lowest BCUT2D eigenvalue weighted by atomic mass is 10.1. The molecule has 0 aromatic heterocycles. The molecule has 1 aliphatic heterocycles. The second-order valence-electron chi connectivity index (χ2n) is 6.88. The van der Waals surface area contributed by atoms with Crippen molar-refractivity contribution >= 4 is 41.0 Å². The molecule has 3 amide bonds. The number of hydrogen-bond acceptors (Lipinski definition) is 5. The van der Waals surface area contributed by atoms with Crippen LogP contribution in [-0.4, -0.2) is 41.9 Å². The zero-order chi connectivity index (χ0) is 21.7. The second-order valence-corrected chi connectivity index (χ2v) is 7.31. The summed E-state index contributed by atoms with van der Waals surface area (Å²) in [6, 6.07) is 13.3. The first-order chi connectivity index (χ1) is 14.3. The molecule has 0 spiro atoms. The molecule has 1 fully saturated rings. The van der Waals surface area contributed by atoms with Crippen LogP contribution in [0.1, 0.15) is 22.3 Å². The number of benzene rings is 2. The van der Waals surface area contributed by atoms with E-state index in [4.69, 9.17) is 16.3 Å². The summed E-state index contributed by atoms with van der Waals surface area (Å²) in [6.45, 7) is 1.40. The SMILES string of the molecule is Cc1ccc(C(=O)NN2C[C@H](C(=O)OCC(=O)Nc3ccc(Cl)cc3)CC2=O)cc1. The molecule has 1 atom stereocenters. The number of aryl methyl sites for hydroxylation is 1. The molecule has 2 aromatic rings. The number of rotatable bonds is 6. The largest absolute Gasteiger partial charge is 0.455 e. The lowest BCUT2D eigenvalue weighted by molar-refractivity contribution is -0.151. The van der Waals surface area contributed by atoms with Gasteiger partial charge in [-0.3, -0.25) is 29.6 Å². The summed E-state index contributed by atoms with van der Waals surface area (Å²) in [5.74, 6) is -2.80. The molecule has 0 radical (unpaired) electrons. The van der Waals surface area contributed by atoms with Gasteiger partial charge in [0.15, 0.2) is 6.61 Å². The third-order valence-corrected chi connectivity index (χ3v) is 4.73. The normalized spacial score (nSPS) is 15.6. The summed E-state index contributed by atoms with van der Waals surface area (Å²) in [6.07, 6.45) is -0.105. The van der Waals surface area contributed by atoms with Crippen LogP contribution >= 0.6 is 11.6 Å². The molecule has 0 unspecified atom stereocenters. The average Bonchev–Trinajstić information content (AvgIpc) is 3.09. The van der Waals surface area contributed by atoms with Crippen molar-refractivity contribution in [2.24, 2.45) is 5.92 Å². The minimum absolute atomic E-state index is 0.0198. The van der Waals surface area contributed by atoms with Crippen LogP contribution in [0.4, 0.5) is 5.69 Å². The Labute approximate surface area is 178 Å². The van der Waals surface area contributed by atoms with E-state index in [0.717, 1.165) is 10.6 Å². The number of nitrogens with one attached hydrogen (secondary N) is 2. The van der Waals surface area contributed by atoms with E-state index in [2.05, 4.69) is 10.7 Å². The van der Waals surface area contributed by atoms with E-state index in [9.17, 15) is 19.2 Å². The van der Waals surface area contributed by atoms with Crippen molar-refractivity contribution in [3.63, 3.8) is 0 Å². The Morgan fingerprint density at radius 2 is 1.77 bits per heavy atom. The van der Waals surface area contributed by atoms with Crippen LogP contribution < -0.4 is 10.7 Å². The van der Waals surface area contributed by atoms with Gasteiger partial charge in [0.2, 0.25) is 5.91 Å². The maximum absolute atomic E-state index is 12.3. The molecule has 8 nitrogen and oxygen atoms in total. The summed E-state index contributed by atoms with van der Waals surface area (Å²) in [4.78, 5) is 48.5. The second kappa shape index (κ2) is 9.41. The standard InChI is InChI=1S/C21H20ClN3O5/c1-13-2-4-14(5-3-13)20(28)24-25-11-15(10-19(25)27)21(29)30-12-18(26)23-17-8-6-16(22)7-9-17/h2-9,15H,10-12H2,1H3,(H,23,26)(H,24,28)/t15-/m1/s1. The molecule has 156 valence electrons. The van der Waals surface area contributed by atoms with Crippen molar-refractivity contribution in [2.45, 2.75) is 13.3 Å². The molecule has 0 aliphatic carbocycles. The summed E-state index contributed by atoms with van der Waals surface area (Å²) < 4.78 is 5.01. The topological polar surface area (TPSA) is 105 Å². The Hall–Kier alpha value is -3.39. The number of halogens is 1. The maximum atomic E-state index is 12.3. The van der Waals surface area contributed by atoms with E-state index in [0.29, 0.717) is 16.3 Å². The molecular weight excluding hydrogens is 410 g/mol. The molecule has 1 heterocycles. The Morgan fingerprint density at radius 3 is 2.43 bits per heavy atom. The van der Waals surface area contributed by atoms with Gasteiger partial charge in [-0.25, -0.2) is 0 Å². The number of anilines is 1. The number of nitrogens with zero attached hydrogens (tertiary/aromatic N) is 1. The minimum atomic E-state index is -0.765. The first kappa shape index (κ1) is 21.3. The number of hydrazine groups is 1. The number of carbonyl (C=O) groups excluding carboxylic acids is 4. The highest BCUT2D eigenvalue weighted by Crippen LogP contribution is 2.18. The van der Waals surface area contributed by atoms with E-state index >= 15 is 0 Å². The van der Waals surface area contributed by atoms with Gasteiger partial charge in [-0.15, -0.1) is 0 Å². The van der Waals surface area contributed by atoms with Crippen molar-refractivity contribution in [2.75, 3.05) is 18.5 Å². The monoisotopic (exact) mass is 429 g/mol. The summed E-state index contributed by atoms with van der Waals surface area (Å²) >= 11 is 5.78. The van der Waals surface area contributed by atoms with E-state index in [1.54, 1.807) is 48.5 Å². The van der Waals surface area contributed by atoms with Crippen molar-refractivity contribution in [1.29, 1.82) is 0 Å². The van der Waals surface area contributed by atoms with Crippen molar-refractivity contribution in [3.8, 4) is 0 Å². The summed E-state index contributed by atoms with van der Waals surface area (Å²) in [7, 11) is 0. The van der Waals surface area contributed by atoms with Crippen molar-refractivity contribution in [1.82, 2.24) is 10.4 Å². The van der Waals surface area contributed by atoms with Gasteiger partial charge in [-0.2, -0.15) is 0 Å². The smallest absolute Gasteiger partial charge is 0.311 e. The van der Waals surface area contributed by atoms with Crippen LogP contribution in [0.2, 0.25) is 5.02 Å². The third kappa shape index (κ3) is 5.57. The molecular formula is C21H20ClN3O5. The quantitative estimate of drug-likeness (QED) is 0.686. The number of amides is 3. The number of hydrogen-bond donors (Lipinski definition) is 2. The molecule has 1 saturated heterocycles. The minimum Gasteiger partial charge on any atom is -0.455 e. The molecule has 0 saturated carbocycles. The molecule has 2 N–H and O–H groups in total. The molecule has 30 heavy (non-hydrogen) atoms. The predicted octanol–water partition coefficient (Wildman–Crippen LogP) is 2.32. The first-order valence-corrected chi connectivity index (χ1v) is 9.59. The van der Waals surface area contributed by atoms with Gasteiger partial charge in [0, 0.05) is 22.7 Å². The van der Waals surface area contributed by atoms with Crippen LogP contribution in [0.15, 0.2) is 48.5 Å². The van der Waals surface area contributed by atoms with Crippen molar-refractivity contribution < 1.29 is 23.9 Å². The molecule has 1 aliphatic rings. The Morgan fingerprint density at radius 1 is 1.10 bits per heavy atom.